The van der Waals surface area contributed by atoms with E-state index in [2.05, 4.69) is 9.97 Å². The molecular formula is C8H8ClN3. The molecule has 0 fully saturated rings. The van der Waals surface area contributed by atoms with Crippen LogP contribution >= 0.6 is 11.6 Å². The Morgan fingerprint density at radius 2 is 2.25 bits per heavy atom. The number of hydrogen-bond donors (Lipinski definition) is 2. The predicted molar refractivity (Wildman–Crippen MR) is 50.3 cm³/mol. The van der Waals surface area contributed by atoms with E-state index in [-0.39, 0.29) is 0 Å². The van der Waals surface area contributed by atoms with Gasteiger partial charge in [-0.05, 0) is 24.6 Å². The van der Waals surface area contributed by atoms with Crippen LogP contribution < -0.4 is 5.73 Å². The van der Waals surface area contributed by atoms with Gasteiger partial charge in [0.05, 0.1) is 11.0 Å². The number of rotatable bonds is 0. The summed E-state index contributed by atoms with van der Waals surface area (Å²) in [5.74, 6) is 0.426. The van der Waals surface area contributed by atoms with E-state index in [1.165, 1.54) is 0 Å². The minimum Gasteiger partial charge on any atom is -0.369 e. The van der Waals surface area contributed by atoms with Gasteiger partial charge in [0, 0.05) is 5.02 Å². The van der Waals surface area contributed by atoms with E-state index >= 15 is 0 Å². The molecule has 1 aromatic carbocycles. The van der Waals surface area contributed by atoms with Crippen LogP contribution in [0.4, 0.5) is 5.95 Å². The van der Waals surface area contributed by atoms with Crippen LogP contribution in [0.2, 0.25) is 5.02 Å². The number of hydrogen-bond acceptors (Lipinski definition) is 2. The monoisotopic (exact) mass is 181 g/mol. The topological polar surface area (TPSA) is 54.7 Å². The van der Waals surface area contributed by atoms with E-state index in [0.717, 1.165) is 16.6 Å². The minimum absolute atomic E-state index is 0.426. The number of nitrogens with two attached hydrogens (primary N) is 1. The van der Waals surface area contributed by atoms with Crippen LogP contribution in [0.15, 0.2) is 12.1 Å². The number of nitrogens with zero attached hydrogens (tertiary/aromatic N) is 1. The maximum atomic E-state index is 5.90. The first kappa shape index (κ1) is 7.43. The Labute approximate surface area is 74.5 Å². The molecule has 3 N–H and O–H groups in total. The third-order valence-corrected chi connectivity index (χ3v) is 2.27. The quantitative estimate of drug-likeness (QED) is 0.654. The molecule has 12 heavy (non-hydrogen) atoms. The van der Waals surface area contributed by atoms with Crippen molar-refractivity contribution >= 4 is 28.6 Å². The van der Waals surface area contributed by atoms with Gasteiger partial charge in [-0.1, -0.05) is 11.6 Å². The largest absolute Gasteiger partial charge is 0.369 e. The molecule has 62 valence electrons. The van der Waals surface area contributed by atoms with Crippen molar-refractivity contribution < 1.29 is 0 Å². The molecule has 0 spiro atoms. The van der Waals surface area contributed by atoms with Crippen molar-refractivity contribution in [3.8, 4) is 0 Å². The SMILES string of the molecule is Cc1c(Cl)ccc2[nH]c(N)nc12. The Bertz CT molecular complexity index is 433. The maximum absolute atomic E-state index is 5.90. The number of nitrogen functional groups attached to an aromatic ring is 1. The smallest absolute Gasteiger partial charge is 0.198 e. The fourth-order valence-corrected chi connectivity index (χ4v) is 1.36. The van der Waals surface area contributed by atoms with Crippen LogP contribution in [-0.4, -0.2) is 9.97 Å². The summed E-state index contributed by atoms with van der Waals surface area (Å²) >= 11 is 5.90. The highest BCUT2D eigenvalue weighted by Gasteiger charge is 2.04. The van der Waals surface area contributed by atoms with Crippen molar-refractivity contribution in [2.24, 2.45) is 0 Å². The molecule has 1 aromatic heterocycles. The van der Waals surface area contributed by atoms with E-state index in [1.54, 1.807) is 0 Å². The second kappa shape index (κ2) is 2.38. The number of aromatic nitrogens is 2. The maximum Gasteiger partial charge on any atom is 0.198 e. The van der Waals surface area contributed by atoms with E-state index in [0.29, 0.717) is 11.0 Å². The van der Waals surface area contributed by atoms with Crippen molar-refractivity contribution in [1.82, 2.24) is 9.97 Å². The van der Waals surface area contributed by atoms with E-state index in [1.807, 2.05) is 19.1 Å². The van der Waals surface area contributed by atoms with Crippen LogP contribution in [0, 0.1) is 6.92 Å². The third-order valence-electron chi connectivity index (χ3n) is 1.86. The Morgan fingerprint density at radius 1 is 1.50 bits per heavy atom. The Balaban J connectivity index is 2.89. The first-order chi connectivity index (χ1) is 5.68. The third kappa shape index (κ3) is 0.940. The lowest BCUT2D eigenvalue weighted by Gasteiger charge is -1.95. The summed E-state index contributed by atoms with van der Waals surface area (Å²) in [4.78, 5) is 7.05. The number of H-pyrrole nitrogens is 1. The molecule has 1 heterocycles. The fraction of sp³-hybridized carbons (Fsp3) is 0.125. The lowest BCUT2D eigenvalue weighted by molar-refractivity contribution is 1.35. The first-order valence-electron chi connectivity index (χ1n) is 3.59. The molecule has 2 aromatic rings. The van der Waals surface area contributed by atoms with E-state index in [4.69, 9.17) is 17.3 Å². The second-order valence-corrected chi connectivity index (χ2v) is 3.10. The van der Waals surface area contributed by atoms with Gasteiger partial charge in [0.2, 0.25) is 0 Å². The summed E-state index contributed by atoms with van der Waals surface area (Å²) < 4.78 is 0. The zero-order chi connectivity index (χ0) is 8.72. The highest BCUT2D eigenvalue weighted by Crippen LogP contribution is 2.23. The number of anilines is 1. The molecule has 0 radical (unpaired) electrons. The van der Waals surface area contributed by atoms with Gasteiger partial charge in [-0.2, -0.15) is 0 Å². The summed E-state index contributed by atoms with van der Waals surface area (Å²) in [5.41, 5.74) is 8.23. The fourth-order valence-electron chi connectivity index (χ4n) is 1.21. The van der Waals surface area contributed by atoms with Crippen LogP contribution in [0.3, 0.4) is 0 Å². The number of nitrogens with one attached hydrogen (secondary N) is 1. The summed E-state index contributed by atoms with van der Waals surface area (Å²) in [6, 6.07) is 3.70. The Hall–Kier alpha value is -1.22. The average Bonchev–Trinajstić information content (AvgIpc) is 2.39. The van der Waals surface area contributed by atoms with Crippen molar-refractivity contribution in [2.45, 2.75) is 6.92 Å². The highest BCUT2D eigenvalue weighted by atomic mass is 35.5. The van der Waals surface area contributed by atoms with Crippen molar-refractivity contribution in [3.05, 3.63) is 22.7 Å². The number of aromatic amines is 1. The van der Waals surface area contributed by atoms with Gasteiger partial charge in [-0.3, -0.25) is 0 Å². The standard InChI is InChI=1S/C8H8ClN3/c1-4-5(9)2-3-6-7(4)12-8(10)11-6/h2-3H,1H3,(H3,10,11,12). The predicted octanol–water partition coefficient (Wildman–Crippen LogP) is 2.11. The van der Waals surface area contributed by atoms with Crippen LogP contribution in [0.25, 0.3) is 11.0 Å². The summed E-state index contributed by atoms with van der Waals surface area (Å²) in [5, 5.41) is 0.717. The van der Waals surface area contributed by atoms with Gasteiger partial charge >= 0.3 is 0 Å². The summed E-state index contributed by atoms with van der Waals surface area (Å²) in [7, 11) is 0. The van der Waals surface area contributed by atoms with Gasteiger partial charge in [-0.15, -0.1) is 0 Å². The molecule has 0 atom stereocenters. The van der Waals surface area contributed by atoms with Gasteiger partial charge in [0.15, 0.2) is 5.95 Å². The van der Waals surface area contributed by atoms with Gasteiger partial charge in [-0.25, -0.2) is 4.98 Å². The van der Waals surface area contributed by atoms with Gasteiger partial charge < -0.3 is 10.7 Å². The lowest BCUT2D eigenvalue weighted by atomic mass is 10.2. The molecule has 0 saturated heterocycles. The molecule has 0 bridgehead atoms. The van der Waals surface area contributed by atoms with Crippen LogP contribution in [0.1, 0.15) is 5.56 Å². The normalized spacial score (nSPS) is 10.8. The molecular weight excluding hydrogens is 174 g/mol. The van der Waals surface area contributed by atoms with Crippen molar-refractivity contribution in [1.29, 1.82) is 0 Å². The molecule has 0 amide bonds. The van der Waals surface area contributed by atoms with Crippen molar-refractivity contribution in [3.63, 3.8) is 0 Å². The number of benzene rings is 1. The number of halogens is 1. The van der Waals surface area contributed by atoms with E-state index in [9.17, 15) is 0 Å². The van der Waals surface area contributed by atoms with Gasteiger partial charge in [0.1, 0.15) is 0 Å². The molecule has 2 rings (SSSR count). The van der Waals surface area contributed by atoms with E-state index < -0.39 is 0 Å². The van der Waals surface area contributed by atoms with Crippen LogP contribution in [0.5, 0.6) is 0 Å². The summed E-state index contributed by atoms with van der Waals surface area (Å²) in [6.45, 7) is 1.92. The number of aryl methyl sites for hydroxylation is 1. The van der Waals surface area contributed by atoms with Gasteiger partial charge in [0.25, 0.3) is 0 Å². The second-order valence-electron chi connectivity index (χ2n) is 2.69. The molecule has 0 aliphatic rings. The molecule has 0 aliphatic carbocycles. The van der Waals surface area contributed by atoms with Crippen molar-refractivity contribution in [2.75, 3.05) is 5.73 Å². The molecule has 0 aliphatic heterocycles. The minimum atomic E-state index is 0.426. The number of imidazole rings is 1. The average molecular weight is 182 g/mol. The molecule has 4 heteroatoms. The van der Waals surface area contributed by atoms with Crippen LogP contribution in [-0.2, 0) is 0 Å². The Kier molecular flexibility index (Phi) is 1.48. The zero-order valence-electron chi connectivity index (χ0n) is 6.56. The number of fused-ring (bicyclic) bond motifs is 1. The molecule has 0 unspecified atom stereocenters. The highest BCUT2D eigenvalue weighted by molar-refractivity contribution is 6.32. The molecule has 0 saturated carbocycles. The molecule has 3 nitrogen and oxygen atoms in total. The summed E-state index contributed by atoms with van der Waals surface area (Å²) in [6.07, 6.45) is 0. The first-order valence-corrected chi connectivity index (χ1v) is 3.96. The zero-order valence-corrected chi connectivity index (χ0v) is 7.31. The Morgan fingerprint density at radius 3 is 3.00 bits per heavy atom. The lowest BCUT2D eigenvalue weighted by Crippen LogP contribution is -1.84.